The van der Waals surface area contributed by atoms with Crippen molar-refractivity contribution in [3.05, 3.63) is 42.5 Å². The van der Waals surface area contributed by atoms with E-state index in [2.05, 4.69) is 9.97 Å². The zero-order valence-corrected chi connectivity index (χ0v) is 12.9. The summed E-state index contributed by atoms with van der Waals surface area (Å²) in [4.78, 5) is 21.5. The summed E-state index contributed by atoms with van der Waals surface area (Å²) in [6.07, 6.45) is 6.57. The van der Waals surface area contributed by atoms with Crippen molar-refractivity contribution in [3.8, 4) is 0 Å². The van der Waals surface area contributed by atoms with Crippen molar-refractivity contribution >= 4 is 15.7 Å². The molecule has 1 aliphatic heterocycles. The smallest absolute Gasteiger partial charge is 0.227 e. The Bertz CT molecular complexity index is 779. The first-order valence-electron chi connectivity index (χ1n) is 6.86. The number of aromatic nitrogens is 3. The maximum Gasteiger partial charge on any atom is 0.227 e. The third-order valence-electron chi connectivity index (χ3n) is 3.75. The summed E-state index contributed by atoms with van der Waals surface area (Å²) >= 11 is 0. The van der Waals surface area contributed by atoms with Crippen LogP contribution in [0.15, 0.2) is 42.1 Å². The van der Waals surface area contributed by atoms with Gasteiger partial charge in [0.2, 0.25) is 20.9 Å². The number of hydrogen-bond acceptors (Lipinski definition) is 5. The number of likely N-dealkylation sites (tertiary alicyclic amines) is 1. The summed E-state index contributed by atoms with van der Waals surface area (Å²) in [5.41, 5.74) is 0.822. The lowest BCUT2D eigenvalue weighted by Gasteiger charge is -2.38. The molecule has 0 bridgehead atoms. The third-order valence-corrected chi connectivity index (χ3v) is 5.83. The first-order valence-corrected chi connectivity index (χ1v) is 8.41. The van der Waals surface area contributed by atoms with Gasteiger partial charge in [0.15, 0.2) is 0 Å². The predicted molar refractivity (Wildman–Crippen MR) is 78.7 cm³/mol. The van der Waals surface area contributed by atoms with Crippen molar-refractivity contribution in [2.24, 2.45) is 7.05 Å². The molecule has 7 nitrogen and oxygen atoms in total. The van der Waals surface area contributed by atoms with Crippen molar-refractivity contribution in [1.29, 1.82) is 0 Å². The normalized spacial score (nSPS) is 15.6. The lowest BCUT2D eigenvalue weighted by molar-refractivity contribution is -0.133. The standard InChI is InChI=1S/C14H16N4O3S/c1-17-6-5-16-14(17)22(20,21)12-9-18(10-12)13(19)7-11-3-2-4-15-8-11/h2-6,8,12H,7,9-10H2,1H3. The molecule has 1 saturated heterocycles. The van der Waals surface area contributed by atoms with E-state index < -0.39 is 15.1 Å². The average molecular weight is 320 g/mol. The van der Waals surface area contributed by atoms with Gasteiger partial charge >= 0.3 is 0 Å². The van der Waals surface area contributed by atoms with Crippen LogP contribution in [-0.2, 0) is 28.1 Å². The Balaban J connectivity index is 1.62. The minimum atomic E-state index is -3.48. The van der Waals surface area contributed by atoms with Crippen LogP contribution in [0.5, 0.6) is 0 Å². The molecule has 3 heterocycles. The monoisotopic (exact) mass is 320 g/mol. The molecule has 0 unspecified atom stereocenters. The molecule has 0 N–H and O–H groups in total. The van der Waals surface area contributed by atoms with E-state index in [0.717, 1.165) is 5.56 Å². The molecule has 1 amide bonds. The van der Waals surface area contributed by atoms with E-state index in [1.165, 1.54) is 10.8 Å². The molecule has 1 aliphatic rings. The molecule has 22 heavy (non-hydrogen) atoms. The number of nitrogens with zero attached hydrogens (tertiary/aromatic N) is 4. The van der Waals surface area contributed by atoms with Crippen molar-refractivity contribution in [2.75, 3.05) is 13.1 Å². The highest BCUT2D eigenvalue weighted by molar-refractivity contribution is 7.92. The molecule has 0 spiro atoms. The lowest BCUT2D eigenvalue weighted by Crippen LogP contribution is -2.57. The van der Waals surface area contributed by atoms with Gasteiger partial charge in [-0.25, -0.2) is 13.4 Å². The van der Waals surface area contributed by atoms with Gasteiger partial charge in [0.25, 0.3) is 0 Å². The maximum absolute atomic E-state index is 12.4. The fourth-order valence-electron chi connectivity index (χ4n) is 2.40. The van der Waals surface area contributed by atoms with Gasteiger partial charge < -0.3 is 9.47 Å². The molecule has 1 fully saturated rings. The molecular formula is C14H16N4O3S. The topological polar surface area (TPSA) is 85.2 Å². The van der Waals surface area contributed by atoms with Crippen LogP contribution >= 0.6 is 0 Å². The molecule has 2 aromatic rings. The van der Waals surface area contributed by atoms with E-state index in [9.17, 15) is 13.2 Å². The quantitative estimate of drug-likeness (QED) is 0.794. The third kappa shape index (κ3) is 2.61. The number of rotatable bonds is 4. The van der Waals surface area contributed by atoms with Crippen LogP contribution in [0, 0.1) is 0 Å². The second-order valence-electron chi connectivity index (χ2n) is 5.32. The predicted octanol–water partition coefficient (Wildman–Crippen LogP) is 0.0423. The van der Waals surface area contributed by atoms with E-state index in [0.29, 0.717) is 0 Å². The second kappa shape index (κ2) is 5.53. The van der Waals surface area contributed by atoms with Gasteiger partial charge in [-0.3, -0.25) is 9.78 Å². The first kappa shape index (κ1) is 14.7. The minimum absolute atomic E-state index is 0.0526. The van der Waals surface area contributed by atoms with Crippen LogP contribution in [0.4, 0.5) is 0 Å². The van der Waals surface area contributed by atoms with Crippen LogP contribution < -0.4 is 0 Å². The summed E-state index contributed by atoms with van der Waals surface area (Å²) in [6.45, 7) is 0.433. The Hall–Kier alpha value is -2.22. The lowest BCUT2D eigenvalue weighted by atomic mass is 10.1. The molecule has 0 saturated carbocycles. The highest BCUT2D eigenvalue weighted by Crippen LogP contribution is 2.23. The van der Waals surface area contributed by atoms with Crippen molar-refractivity contribution in [3.63, 3.8) is 0 Å². The molecular weight excluding hydrogens is 304 g/mol. The highest BCUT2D eigenvalue weighted by Gasteiger charge is 2.42. The fourth-order valence-corrected chi connectivity index (χ4v) is 4.12. The molecule has 0 aliphatic carbocycles. The van der Waals surface area contributed by atoms with Crippen LogP contribution in [0.25, 0.3) is 0 Å². The molecule has 116 valence electrons. The largest absolute Gasteiger partial charge is 0.340 e. The molecule has 0 atom stereocenters. The van der Waals surface area contributed by atoms with E-state index >= 15 is 0 Å². The van der Waals surface area contributed by atoms with Gasteiger partial charge in [-0.2, -0.15) is 0 Å². The fraction of sp³-hybridized carbons (Fsp3) is 0.357. The number of sulfone groups is 1. The molecule has 3 rings (SSSR count). The van der Waals surface area contributed by atoms with Gasteiger partial charge in [0.05, 0.1) is 6.42 Å². The highest BCUT2D eigenvalue weighted by atomic mass is 32.2. The first-order chi connectivity index (χ1) is 10.5. The maximum atomic E-state index is 12.4. The molecule has 0 aromatic carbocycles. The Morgan fingerprint density at radius 2 is 2.14 bits per heavy atom. The number of amides is 1. The van der Waals surface area contributed by atoms with E-state index in [1.807, 2.05) is 6.07 Å². The summed E-state index contributed by atoms with van der Waals surface area (Å²) in [7, 11) is -1.84. The van der Waals surface area contributed by atoms with Gasteiger partial charge in [0.1, 0.15) is 5.25 Å². The van der Waals surface area contributed by atoms with Gasteiger partial charge in [-0.05, 0) is 11.6 Å². The van der Waals surface area contributed by atoms with E-state index in [-0.39, 0.29) is 30.6 Å². The number of carbonyl (C=O) groups excluding carboxylic acids is 1. The van der Waals surface area contributed by atoms with Gasteiger partial charge in [0, 0.05) is 44.9 Å². The number of aryl methyl sites for hydroxylation is 1. The zero-order chi connectivity index (χ0) is 15.7. The van der Waals surface area contributed by atoms with Gasteiger partial charge in [-0.1, -0.05) is 6.07 Å². The van der Waals surface area contributed by atoms with Crippen molar-refractivity contribution < 1.29 is 13.2 Å². The van der Waals surface area contributed by atoms with Crippen LogP contribution in [0.1, 0.15) is 5.56 Å². The Morgan fingerprint density at radius 1 is 1.36 bits per heavy atom. The minimum Gasteiger partial charge on any atom is -0.340 e. The Kier molecular flexibility index (Phi) is 3.69. The van der Waals surface area contributed by atoms with Crippen LogP contribution in [0.3, 0.4) is 0 Å². The van der Waals surface area contributed by atoms with Crippen molar-refractivity contribution in [2.45, 2.75) is 16.8 Å². The molecule has 0 radical (unpaired) electrons. The van der Waals surface area contributed by atoms with E-state index in [1.54, 1.807) is 36.6 Å². The summed E-state index contributed by atoms with van der Waals surface area (Å²) < 4.78 is 26.3. The number of imidazole rings is 1. The Morgan fingerprint density at radius 3 is 2.73 bits per heavy atom. The number of hydrogen-bond donors (Lipinski definition) is 0. The number of carbonyl (C=O) groups is 1. The second-order valence-corrected chi connectivity index (χ2v) is 7.45. The average Bonchev–Trinajstić information content (AvgIpc) is 2.85. The van der Waals surface area contributed by atoms with Gasteiger partial charge in [-0.15, -0.1) is 0 Å². The summed E-state index contributed by atoms with van der Waals surface area (Å²) in [5.74, 6) is -0.0840. The SMILES string of the molecule is Cn1ccnc1S(=O)(=O)C1CN(C(=O)Cc2cccnc2)C1. The Labute approximate surface area is 128 Å². The van der Waals surface area contributed by atoms with E-state index in [4.69, 9.17) is 0 Å². The van der Waals surface area contributed by atoms with Crippen molar-refractivity contribution in [1.82, 2.24) is 19.4 Å². The number of pyridine rings is 1. The molecule has 2 aromatic heterocycles. The summed E-state index contributed by atoms with van der Waals surface area (Å²) in [6, 6.07) is 3.60. The van der Waals surface area contributed by atoms with Crippen LogP contribution in [0.2, 0.25) is 0 Å². The summed E-state index contributed by atoms with van der Waals surface area (Å²) in [5, 5.41) is -0.525. The zero-order valence-electron chi connectivity index (χ0n) is 12.1. The molecule has 8 heteroatoms. The van der Waals surface area contributed by atoms with Crippen LogP contribution in [-0.4, -0.2) is 52.1 Å².